The van der Waals surface area contributed by atoms with E-state index in [0.29, 0.717) is 42.8 Å². The fraction of sp³-hybridized carbons (Fsp3) is 0.381. The van der Waals surface area contributed by atoms with Gasteiger partial charge in [-0.3, -0.25) is 0 Å². The van der Waals surface area contributed by atoms with Crippen molar-refractivity contribution in [1.82, 2.24) is 0 Å². The maximum absolute atomic E-state index is 12.5. The van der Waals surface area contributed by atoms with Gasteiger partial charge in [-0.25, -0.2) is 4.79 Å². The first-order chi connectivity index (χ1) is 13.0. The van der Waals surface area contributed by atoms with Crippen LogP contribution in [0.25, 0.3) is 0 Å². The van der Waals surface area contributed by atoms with E-state index < -0.39 is 0 Å². The van der Waals surface area contributed by atoms with E-state index in [9.17, 15) is 4.79 Å². The van der Waals surface area contributed by atoms with Gasteiger partial charge in [0.15, 0.2) is 11.5 Å². The Hall–Kier alpha value is -2.89. The Morgan fingerprint density at radius 2 is 1.44 bits per heavy atom. The first-order valence-electron chi connectivity index (χ1n) is 9.20. The molecule has 0 heterocycles. The van der Waals surface area contributed by atoms with E-state index in [1.54, 1.807) is 12.1 Å². The summed E-state index contributed by atoms with van der Waals surface area (Å²) in [6.07, 6.45) is 0. The predicted octanol–water partition coefficient (Wildman–Crippen LogP) is 5.14. The summed E-state index contributed by atoms with van der Waals surface area (Å²) in [5, 5.41) is 5.72. The summed E-state index contributed by atoms with van der Waals surface area (Å²) in [6, 6.07) is 9.05. The lowest BCUT2D eigenvalue weighted by Crippen LogP contribution is -2.20. The molecule has 0 saturated carbocycles. The molecular weight excluding hydrogens is 344 g/mol. The Labute approximate surface area is 160 Å². The molecule has 2 rings (SSSR count). The maximum Gasteiger partial charge on any atom is 0.323 e. The average Bonchev–Trinajstić information content (AvgIpc) is 2.61. The minimum atomic E-state index is -0.335. The summed E-state index contributed by atoms with van der Waals surface area (Å²) in [5.74, 6) is 1.61. The van der Waals surface area contributed by atoms with Crippen LogP contribution in [0.5, 0.6) is 17.2 Å². The molecule has 0 saturated heterocycles. The van der Waals surface area contributed by atoms with Crippen LogP contribution >= 0.6 is 0 Å². The first-order valence-corrected chi connectivity index (χ1v) is 9.20. The fourth-order valence-electron chi connectivity index (χ4n) is 2.62. The van der Waals surface area contributed by atoms with Gasteiger partial charge in [0.25, 0.3) is 0 Å². The van der Waals surface area contributed by atoms with Crippen molar-refractivity contribution in [3.8, 4) is 17.2 Å². The number of ether oxygens (including phenoxy) is 3. The van der Waals surface area contributed by atoms with E-state index in [-0.39, 0.29) is 6.03 Å². The molecule has 6 heteroatoms. The SMILES string of the molecule is CCOc1cc(NC(=O)Nc2cc(C)ccc2C)cc(OCC)c1OCC. The van der Waals surface area contributed by atoms with Crippen LogP contribution in [0.2, 0.25) is 0 Å². The van der Waals surface area contributed by atoms with Gasteiger partial charge in [0.2, 0.25) is 5.75 Å². The van der Waals surface area contributed by atoms with Gasteiger partial charge in [-0.05, 0) is 51.8 Å². The van der Waals surface area contributed by atoms with Crippen LogP contribution in [0.15, 0.2) is 30.3 Å². The van der Waals surface area contributed by atoms with Crippen molar-refractivity contribution in [2.75, 3.05) is 30.5 Å². The molecule has 0 aliphatic heterocycles. The number of urea groups is 1. The summed E-state index contributed by atoms with van der Waals surface area (Å²) < 4.78 is 17.0. The number of nitrogens with one attached hydrogen (secondary N) is 2. The van der Waals surface area contributed by atoms with E-state index in [1.165, 1.54) is 0 Å². The molecule has 27 heavy (non-hydrogen) atoms. The molecule has 0 spiro atoms. The molecular formula is C21H28N2O4. The number of hydrogen-bond acceptors (Lipinski definition) is 4. The van der Waals surface area contributed by atoms with Gasteiger partial charge in [0, 0.05) is 17.8 Å². The summed E-state index contributed by atoms with van der Waals surface area (Å²) >= 11 is 0. The number of benzene rings is 2. The van der Waals surface area contributed by atoms with Gasteiger partial charge >= 0.3 is 6.03 Å². The second-order valence-corrected chi connectivity index (χ2v) is 6.00. The molecule has 0 unspecified atom stereocenters. The lowest BCUT2D eigenvalue weighted by atomic mass is 10.1. The van der Waals surface area contributed by atoms with Gasteiger partial charge in [0.1, 0.15) is 0 Å². The molecule has 0 radical (unpaired) electrons. The zero-order valence-electron chi connectivity index (χ0n) is 16.6. The third-order valence-corrected chi connectivity index (χ3v) is 3.81. The molecule has 0 aliphatic rings. The summed E-state index contributed by atoms with van der Waals surface area (Å²) in [4.78, 5) is 12.5. The molecule has 2 N–H and O–H groups in total. The number of anilines is 2. The number of carbonyl (C=O) groups excluding carboxylic acids is 1. The second kappa shape index (κ2) is 9.71. The molecule has 0 atom stereocenters. The second-order valence-electron chi connectivity index (χ2n) is 6.00. The van der Waals surface area contributed by atoms with Gasteiger partial charge in [-0.1, -0.05) is 12.1 Å². The number of hydrogen-bond donors (Lipinski definition) is 2. The van der Waals surface area contributed by atoms with E-state index >= 15 is 0 Å². The maximum atomic E-state index is 12.5. The van der Waals surface area contributed by atoms with E-state index in [2.05, 4.69) is 10.6 Å². The Bertz CT molecular complexity index is 763. The lowest BCUT2D eigenvalue weighted by Gasteiger charge is -2.18. The van der Waals surface area contributed by atoms with Crippen molar-refractivity contribution in [2.45, 2.75) is 34.6 Å². The zero-order valence-corrected chi connectivity index (χ0v) is 16.6. The monoisotopic (exact) mass is 372 g/mol. The molecule has 146 valence electrons. The lowest BCUT2D eigenvalue weighted by molar-refractivity contribution is 0.260. The van der Waals surface area contributed by atoms with Crippen LogP contribution < -0.4 is 24.8 Å². The van der Waals surface area contributed by atoms with Crippen molar-refractivity contribution in [2.24, 2.45) is 0 Å². The van der Waals surface area contributed by atoms with Crippen molar-refractivity contribution in [3.63, 3.8) is 0 Å². The quantitative estimate of drug-likeness (QED) is 0.673. The Balaban J connectivity index is 2.26. The van der Waals surface area contributed by atoms with Crippen LogP contribution in [0.1, 0.15) is 31.9 Å². The summed E-state index contributed by atoms with van der Waals surface area (Å²) in [7, 11) is 0. The van der Waals surface area contributed by atoms with E-state index in [0.717, 1.165) is 16.8 Å². The topological polar surface area (TPSA) is 68.8 Å². The first kappa shape index (κ1) is 20.4. The Kier molecular flexibility index (Phi) is 7.34. The predicted molar refractivity (Wildman–Crippen MR) is 109 cm³/mol. The molecule has 0 aromatic heterocycles. The van der Waals surface area contributed by atoms with Crippen LogP contribution in [-0.4, -0.2) is 25.9 Å². The molecule has 0 fully saturated rings. The van der Waals surface area contributed by atoms with E-state index in [4.69, 9.17) is 14.2 Å². The van der Waals surface area contributed by atoms with Crippen molar-refractivity contribution < 1.29 is 19.0 Å². The van der Waals surface area contributed by atoms with Crippen LogP contribution in [0.4, 0.5) is 16.2 Å². The van der Waals surface area contributed by atoms with Gasteiger partial charge in [-0.2, -0.15) is 0 Å². The van der Waals surface area contributed by atoms with Gasteiger partial charge in [0.05, 0.1) is 25.5 Å². The molecule has 0 bridgehead atoms. The van der Waals surface area contributed by atoms with Crippen LogP contribution in [0.3, 0.4) is 0 Å². The largest absolute Gasteiger partial charge is 0.490 e. The fourth-order valence-corrected chi connectivity index (χ4v) is 2.62. The normalized spacial score (nSPS) is 10.3. The Morgan fingerprint density at radius 1 is 0.852 bits per heavy atom. The van der Waals surface area contributed by atoms with Crippen molar-refractivity contribution >= 4 is 17.4 Å². The highest BCUT2D eigenvalue weighted by atomic mass is 16.5. The number of aryl methyl sites for hydroxylation is 2. The highest BCUT2D eigenvalue weighted by Gasteiger charge is 2.16. The number of amides is 2. The minimum absolute atomic E-state index is 0.335. The highest BCUT2D eigenvalue weighted by Crippen LogP contribution is 2.40. The van der Waals surface area contributed by atoms with Crippen LogP contribution in [0, 0.1) is 13.8 Å². The van der Waals surface area contributed by atoms with E-state index in [1.807, 2.05) is 52.8 Å². The summed E-state index contributed by atoms with van der Waals surface area (Å²) in [6.45, 7) is 11.1. The molecule has 2 aromatic carbocycles. The van der Waals surface area contributed by atoms with Gasteiger partial charge < -0.3 is 24.8 Å². The zero-order chi connectivity index (χ0) is 19.8. The van der Waals surface area contributed by atoms with Gasteiger partial charge in [-0.15, -0.1) is 0 Å². The van der Waals surface area contributed by atoms with Crippen molar-refractivity contribution in [3.05, 3.63) is 41.5 Å². The molecule has 0 aliphatic carbocycles. The highest BCUT2D eigenvalue weighted by molar-refractivity contribution is 6.00. The summed E-state index contributed by atoms with van der Waals surface area (Å²) in [5.41, 5.74) is 3.41. The van der Waals surface area contributed by atoms with Crippen LogP contribution in [-0.2, 0) is 0 Å². The number of carbonyl (C=O) groups is 1. The average molecular weight is 372 g/mol. The molecule has 2 amide bonds. The third-order valence-electron chi connectivity index (χ3n) is 3.81. The minimum Gasteiger partial charge on any atom is -0.490 e. The standard InChI is InChI=1S/C21H28N2O4/c1-6-25-18-12-16(13-19(26-7-2)20(18)27-8-3)22-21(24)23-17-11-14(4)9-10-15(17)5/h9-13H,6-8H2,1-5H3,(H2,22,23,24). The van der Waals surface area contributed by atoms with Crippen molar-refractivity contribution in [1.29, 1.82) is 0 Å². The smallest absolute Gasteiger partial charge is 0.323 e. The Morgan fingerprint density at radius 3 is 2.00 bits per heavy atom. The molecule has 6 nitrogen and oxygen atoms in total. The number of rotatable bonds is 8. The third kappa shape index (κ3) is 5.54. The molecule has 2 aromatic rings.